The van der Waals surface area contributed by atoms with Crippen LogP contribution < -0.4 is 10.6 Å². The van der Waals surface area contributed by atoms with Crippen molar-refractivity contribution in [3.63, 3.8) is 0 Å². The average molecular weight is 327 g/mol. The van der Waals surface area contributed by atoms with Gasteiger partial charge in [0.25, 0.3) is 0 Å². The zero-order chi connectivity index (χ0) is 14.3. The van der Waals surface area contributed by atoms with E-state index in [2.05, 4.69) is 53.4 Å². The van der Waals surface area contributed by atoms with Crippen LogP contribution in [-0.4, -0.2) is 19.0 Å². The molecule has 3 nitrogen and oxygen atoms in total. The van der Waals surface area contributed by atoms with Gasteiger partial charge in [-0.15, -0.1) is 0 Å². The molecular formula is C15H23BrN2O. The maximum absolute atomic E-state index is 11.7. The molecule has 2 N–H and O–H groups in total. The molecule has 1 rings (SSSR count). The van der Waals surface area contributed by atoms with Crippen LogP contribution in [0.5, 0.6) is 0 Å². The zero-order valence-corrected chi connectivity index (χ0v) is 13.5. The van der Waals surface area contributed by atoms with Crippen LogP contribution in [0.15, 0.2) is 22.7 Å². The first-order valence-corrected chi connectivity index (χ1v) is 7.61. The minimum absolute atomic E-state index is 0.0469. The lowest BCUT2D eigenvalue weighted by Gasteiger charge is -2.12. The van der Waals surface area contributed by atoms with Gasteiger partial charge in [-0.1, -0.05) is 36.7 Å². The molecule has 0 aromatic heterocycles. The second kappa shape index (κ2) is 8.20. The zero-order valence-electron chi connectivity index (χ0n) is 11.9. The number of rotatable bonds is 7. The molecule has 0 aliphatic carbocycles. The summed E-state index contributed by atoms with van der Waals surface area (Å²) in [7, 11) is 0. The third-order valence-corrected chi connectivity index (χ3v) is 3.42. The SMILES string of the molecule is CCc1cc(Br)ccc1NCC(=O)NCCC(C)C. The Kier molecular flexibility index (Phi) is 6.92. The Labute approximate surface area is 124 Å². The van der Waals surface area contributed by atoms with Gasteiger partial charge < -0.3 is 10.6 Å². The molecule has 1 aromatic rings. The molecule has 0 unspecified atom stereocenters. The Bertz CT molecular complexity index is 419. The molecule has 0 heterocycles. The van der Waals surface area contributed by atoms with Crippen molar-refractivity contribution >= 4 is 27.5 Å². The van der Waals surface area contributed by atoms with Crippen LogP contribution in [0.1, 0.15) is 32.8 Å². The van der Waals surface area contributed by atoms with Crippen LogP contribution in [0.4, 0.5) is 5.69 Å². The lowest BCUT2D eigenvalue weighted by molar-refractivity contribution is -0.119. The van der Waals surface area contributed by atoms with Crippen molar-refractivity contribution in [3.8, 4) is 0 Å². The van der Waals surface area contributed by atoms with E-state index in [1.54, 1.807) is 0 Å². The minimum Gasteiger partial charge on any atom is -0.376 e. The molecule has 0 aliphatic heterocycles. The molecule has 0 fully saturated rings. The Morgan fingerprint density at radius 2 is 2.11 bits per heavy atom. The summed E-state index contributed by atoms with van der Waals surface area (Å²) in [5, 5.41) is 6.12. The van der Waals surface area contributed by atoms with Gasteiger partial charge in [0.1, 0.15) is 0 Å². The summed E-state index contributed by atoms with van der Waals surface area (Å²) in [5.41, 5.74) is 2.24. The summed E-state index contributed by atoms with van der Waals surface area (Å²) in [4.78, 5) is 11.7. The molecule has 19 heavy (non-hydrogen) atoms. The monoisotopic (exact) mass is 326 g/mol. The molecule has 0 saturated carbocycles. The average Bonchev–Trinajstić information content (AvgIpc) is 2.36. The Morgan fingerprint density at radius 3 is 2.74 bits per heavy atom. The summed E-state index contributed by atoms with van der Waals surface area (Å²) in [6.45, 7) is 7.49. The molecule has 0 aliphatic rings. The van der Waals surface area contributed by atoms with Crippen LogP contribution in [-0.2, 0) is 11.2 Å². The predicted molar refractivity (Wildman–Crippen MR) is 84.5 cm³/mol. The van der Waals surface area contributed by atoms with E-state index in [1.807, 2.05) is 12.1 Å². The van der Waals surface area contributed by atoms with Crippen molar-refractivity contribution in [2.45, 2.75) is 33.6 Å². The topological polar surface area (TPSA) is 41.1 Å². The molecule has 1 aromatic carbocycles. The van der Waals surface area contributed by atoms with Gasteiger partial charge in [0.2, 0.25) is 5.91 Å². The number of carbonyl (C=O) groups is 1. The molecule has 0 radical (unpaired) electrons. The maximum Gasteiger partial charge on any atom is 0.239 e. The van der Waals surface area contributed by atoms with Gasteiger partial charge in [0.05, 0.1) is 6.54 Å². The largest absolute Gasteiger partial charge is 0.376 e. The van der Waals surface area contributed by atoms with E-state index in [0.29, 0.717) is 12.5 Å². The molecule has 4 heteroatoms. The van der Waals surface area contributed by atoms with Crippen molar-refractivity contribution < 1.29 is 4.79 Å². The van der Waals surface area contributed by atoms with Crippen LogP contribution in [0.3, 0.4) is 0 Å². The Balaban J connectivity index is 2.41. The number of halogens is 1. The van der Waals surface area contributed by atoms with Crippen molar-refractivity contribution in [3.05, 3.63) is 28.2 Å². The van der Waals surface area contributed by atoms with Crippen LogP contribution in [0.25, 0.3) is 0 Å². The quantitative estimate of drug-likeness (QED) is 0.804. The van der Waals surface area contributed by atoms with Crippen molar-refractivity contribution in [2.75, 3.05) is 18.4 Å². The lowest BCUT2D eigenvalue weighted by Crippen LogP contribution is -2.31. The van der Waals surface area contributed by atoms with Crippen LogP contribution >= 0.6 is 15.9 Å². The highest BCUT2D eigenvalue weighted by Crippen LogP contribution is 2.21. The summed E-state index contributed by atoms with van der Waals surface area (Å²) in [6.07, 6.45) is 1.96. The van der Waals surface area contributed by atoms with E-state index in [9.17, 15) is 4.79 Å². The van der Waals surface area contributed by atoms with Crippen LogP contribution in [0.2, 0.25) is 0 Å². The summed E-state index contributed by atoms with van der Waals surface area (Å²) in [5.74, 6) is 0.664. The van der Waals surface area contributed by atoms with Gasteiger partial charge >= 0.3 is 0 Å². The van der Waals surface area contributed by atoms with Gasteiger partial charge in [-0.05, 0) is 42.5 Å². The van der Waals surface area contributed by atoms with E-state index in [-0.39, 0.29) is 5.91 Å². The third-order valence-electron chi connectivity index (χ3n) is 2.93. The highest BCUT2D eigenvalue weighted by molar-refractivity contribution is 9.10. The molecule has 1 amide bonds. The number of benzene rings is 1. The minimum atomic E-state index is 0.0469. The van der Waals surface area contributed by atoms with E-state index in [1.165, 1.54) is 5.56 Å². The number of carbonyl (C=O) groups excluding carboxylic acids is 1. The van der Waals surface area contributed by atoms with Gasteiger partial charge in [-0.3, -0.25) is 4.79 Å². The van der Waals surface area contributed by atoms with Gasteiger partial charge in [-0.25, -0.2) is 0 Å². The standard InChI is InChI=1S/C15H23BrN2O/c1-4-12-9-13(16)5-6-14(12)18-10-15(19)17-8-7-11(2)3/h5-6,9,11,18H,4,7-8,10H2,1-3H3,(H,17,19). The first-order valence-electron chi connectivity index (χ1n) is 6.82. The van der Waals surface area contributed by atoms with E-state index < -0.39 is 0 Å². The normalized spacial score (nSPS) is 10.6. The smallest absolute Gasteiger partial charge is 0.239 e. The first kappa shape index (κ1) is 16.0. The number of hydrogen-bond acceptors (Lipinski definition) is 2. The molecule has 0 saturated heterocycles. The van der Waals surface area contributed by atoms with Crippen molar-refractivity contribution in [1.29, 1.82) is 0 Å². The maximum atomic E-state index is 11.7. The lowest BCUT2D eigenvalue weighted by atomic mass is 10.1. The van der Waals surface area contributed by atoms with Crippen molar-refractivity contribution in [2.24, 2.45) is 5.92 Å². The van der Waals surface area contributed by atoms with E-state index in [0.717, 1.165) is 29.5 Å². The van der Waals surface area contributed by atoms with E-state index in [4.69, 9.17) is 0 Å². The van der Waals surface area contributed by atoms with Gasteiger partial charge in [-0.2, -0.15) is 0 Å². The van der Waals surface area contributed by atoms with Crippen LogP contribution in [0, 0.1) is 5.92 Å². The first-order chi connectivity index (χ1) is 9.02. The predicted octanol–water partition coefficient (Wildman–Crippen LogP) is 3.59. The summed E-state index contributed by atoms with van der Waals surface area (Å²) in [6, 6.07) is 6.07. The second-order valence-electron chi connectivity index (χ2n) is 5.04. The summed E-state index contributed by atoms with van der Waals surface area (Å²) >= 11 is 3.46. The number of aryl methyl sites for hydroxylation is 1. The highest BCUT2D eigenvalue weighted by Gasteiger charge is 2.05. The number of amides is 1. The number of anilines is 1. The third kappa shape index (κ3) is 6.10. The Morgan fingerprint density at radius 1 is 1.37 bits per heavy atom. The molecule has 0 atom stereocenters. The van der Waals surface area contributed by atoms with Crippen molar-refractivity contribution in [1.82, 2.24) is 5.32 Å². The fraction of sp³-hybridized carbons (Fsp3) is 0.533. The molecule has 0 bridgehead atoms. The number of nitrogens with one attached hydrogen (secondary N) is 2. The second-order valence-corrected chi connectivity index (χ2v) is 5.96. The fourth-order valence-corrected chi connectivity index (χ4v) is 2.17. The van der Waals surface area contributed by atoms with Gasteiger partial charge in [0, 0.05) is 16.7 Å². The van der Waals surface area contributed by atoms with Gasteiger partial charge in [0.15, 0.2) is 0 Å². The fourth-order valence-electron chi connectivity index (χ4n) is 1.77. The molecule has 0 spiro atoms. The summed E-state index contributed by atoms with van der Waals surface area (Å²) < 4.78 is 1.07. The molecule has 106 valence electrons. The molecular weight excluding hydrogens is 304 g/mol. The number of hydrogen-bond donors (Lipinski definition) is 2. The Hall–Kier alpha value is -1.03. The highest BCUT2D eigenvalue weighted by atomic mass is 79.9. The van der Waals surface area contributed by atoms with E-state index >= 15 is 0 Å².